The van der Waals surface area contributed by atoms with E-state index in [1.807, 2.05) is 32.0 Å². The van der Waals surface area contributed by atoms with Crippen molar-refractivity contribution in [1.29, 1.82) is 0 Å². The number of nitrogens with zero attached hydrogens (tertiary/aromatic N) is 2. The molecule has 0 aliphatic carbocycles. The second kappa shape index (κ2) is 6.78. The number of aromatic nitrogens is 2. The molecule has 112 valence electrons. The molecule has 0 bridgehead atoms. The lowest BCUT2D eigenvalue weighted by Crippen LogP contribution is -2.19. The van der Waals surface area contributed by atoms with E-state index < -0.39 is 0 Å². The lowest BCUT2D eigenvalue weighted by Gasteiger charge is -2.13. The Kier molecular flexibility index (Phi) is 4.81. The van der Waals surface area contributed by atoms with Crippen molar-refractivity contribution in [2.75, 3.05) is 17.7 Å². The van der Waals surface area contributed by atoms with Crippen molar-refractivity contribution in [3.05, 3.63) is 36.2 Å². The number of carbonyl (C=O) groups excluding carboxylic acids is 1. The number of hydrogen-bond acceptors (Lipinski definition) is 4. The first-order chi connectivity index (χ1) is 10.1. The average Bonchev–Trinajstić information content (AvgIpc) is 2.84. The summed E-state index contributed by atoms with van der Waals surface area (Å²) in [5, 5.41) is 6.82. The van der Waals surface area contributed by atoms with Crippen LogP contribution in [0.5, 0.6) is 5.75 Å². The molecule has 0 aliphatic heterocycles. The number of amides is 1. The van der Waals surface area contributed by atoms with Crippen molar-refractivity contribution in [2.24, 2.45) is 0 Å². The van der Waals surface area contributed by atoms with Crippen molar-refractivity contribution in [3.63, 3.8) is 0 Å². The molecule has 0 saturated heterocycles. The van der Waals surface area contributed by atoms with E-state index in [-0.39, 0.29) is 12.5 Å². The number of hydrogen-bond donors (Lipinski definition) is 2. The van der Waals surface area contributed by atoms with Crippen LogP contribution < -0.4 is 15.8 Å². The van der Waals surface area contributed by atoms with E-state index in [9.17, 15) is 4.79 Å². The second-order valence-electron chi connectivity index (χ2n) is 4.87. The molecule has 2 aromatic rings. The minimum atomic E-state index is -0.177. The molecule has 0 spiro atoms. The zero-order valence-electron chi connectivity index (χ0n) is 12.3. The number of nitrogen functional groups attached to an aromatic ring is 1. The summed E-state index contributed by atoms with van der Waals surface area (Å²) >= 11 is 0. The molecule has 21 heavy (non-hydrogen) atoms. The van der Waals surface area contributed by atoms with Gasteiger partial charge in [0, 0.05) is 6.20 Å². The normalized spacial score (nSPS) is 10.4. The number of nitrogens with two attached hydrogens (primary N) is 1. The SMILES string of the molecule is CCCOc1cc(C)ccc1NC(=O)Cn1cc(N)cn1. The molecular formula is C15H20N4O2. The van der Waals surface area contributed by atoms with Gasteiger partial charge in [0.2, 0.25) is 5.91 Å². The maximum absolute atomic E-state index is 12.0. The summed E-state index contributed by atoms with van der Waals surface area (Å²) in [6.07, 6.45) is 4.03. The zero-order valence-corrected chi connectivity index (χ0v) is 12.3. The minimum Gasteiger partial charge on any atom is -0.491 e. The predicted molar refractivity (Wildman–Crippen MR) is 82.2 cm³/mol. The Balaban J connectivity index is 2.05. The number of anilines is 2. The van der Waals surface area contributed by atoms with Crippen molar-refractivity contribution < 1.29 is 9.53 Å². The van der Waals surface area contributed by atoms with E-state index in [0.29, 0.717) is 23.7 Å². The summed E-state index contributed by atoms with van der Waals surface area (Å²) in [5.74, 6) is 0.508. The first-order valence-electron chi connectivity index (χ1n) is 6.89. The fraction of sp³-hybridized carbons (Fsp3) is 0.333. The summed E-state index contributed by atoms with van der Waals surface area (Å²) in [7, 11) is 0. The van der Waals surface area contributed by atoms with Crippen molar-refractivity contribution in [1.82, 2.24) is 9.78 Å². The molecule has 0 unspecified atom stereocenters. The monoisotopic (exact) mass is 288 g/mol. The fourth-order valence-electron chi connectivity index (χ4n) is 1.87. The molecule has 0 aliphatic rings. The van der Waals surface area contributed by atoms with Crippen molar-refractivity contribution in [2.45, 2.75) is 26.8 Å². The maximum atomic E-state index is 12.0. The quantitative estimate of drug-likeness (QED) is 0.853. The molecule has 0 saturated carbocycles. The lowest BCUT2D eigenvalue weighted by molar-refractivity contribution is -0.116. The van der Waals surface area contributed by atoms with Gasteiger partial charge in [-0.1, -0.05) is 13.0 Å². The highest BCUT2D eigenvalue weighted by atomic mass is 16.5. The minimum absolute atomic E-state index is 0.109. The Labute approximate surface area is 123 Å². The van der Waals surface area contributed by atoms with Crippen LogP contribution in [0.1, 0.15) is 18.9 Å². The van der Waals surface area contributed by atoms with Crippen LogP contribution >= 0.6 is 0 Å². The Morgan fingerprint density at radius 1 is 1.48 bits per heavy atom. The third-order valence-corrected chi connectivity index (χ3v) is 2.83. The van der Waals surface area contributed by atoms with Crippen molar-refractivity contribution in [3.8, 4) is 5.75 Å². The number of aryl methyl sites for hydroxylation is 1. The third kappa shape index (κ3) is 4.24. The largest absolute Gasteiger partial charge is 0.491 e. The van der Waals surface area contributed by atoms with E-state index >= 15 is 0 Å². The van der Waals surface area contributed by atoms with Crippen LogP contribution in [0.15, 0.2) is 30.6 Å². The first kappa shape index (κ1) is 14.9. The van der Waals surface area contributed by atoms with E-state index in [4.69, 9.17) is 10.5 Å². The molecule has 0 fully saturated rings. The van der Waals surface area contributed by atoms with Gasteiger partial charge in [-0.25, -0.2) is 0 Å². The Morgan fingerprint density at radius 3 is 2.95 bits per heavy atom. The molecule has 6 nitrogen and oxygen atoms in total. The van der Waals surface area contributed by atoms with Gasteiger partial charge < -0.3 is 15.8 Å². The summed E-state index contributed by atoms with van der Waals surface area (Å²) in [6.45, 7) is 4.74. The number of benzene rings is 1. The molecule has 2 rings (SSSR count). The highest BCUT2D eigenvalue weighted by Crippen LogP contribution is 2.26. The number of rotatable bonds is 6. The Morgan fingerprint density at radius 2 is 2.29 bits per heavy atom. The van der Waals surface area contributed by atoms with Gasteiger partial charge in [0.15, 0.2) is 0 Å². The first-order valence-corrected chi connectivity index (χ1v) is 6.89. The van der Waals surface area contributed by atoms with Crippen LogP contribution in [0.3, 0.4) is 0 Å². The molecule has 1 aromatic carbocycles. The summed E-state index contributed by atoms with van der Waals surface area (Å²) in [4.78, 5) is 12.0. The topological polar surface area (TPSA) is 82.2 Å². The summed E-state index contributed by atoms with van der Waals surface area (Å²) < 4.78 is 7.16. The van der Waals surface area contributed by atoms with Gasteiger partial charge >= 0.3 is 0 Å². The number of carbonyl (C=O) groups is 1. The van der Waals surface area contributed by atoms with Gasteiger partial charge in [0.25, 0.3) is 0 Å². The van der Waals surface area contributed by atoms with Crippen LogP contribution in [0.4, 0.5) is 11.4 Å². The highest BCUT2D eigenvalue weighted by Gasteiger charge is 2.09. The fourth-order valence-corrected chi connectivity index (χ4v) is 1.87. The van der Waals surface area contributed by atoms with E-state index in [1.54, 1.807) is 6.20 Å². The highest BCUT2D eigenvalue weighted by molar-refractivity contribution is 5.92. The Bertz CT molecular complexity index is 622. The van der Waals surface area contributed by atoms with Gasteiger partial charge in [0.1, 0.15) is 12.3 Å². The molecule has 1 aromatic heterocycles. The van der Waals surface area contributed by atoms with Crippen molar-refractivity contribution >= 4 is 17.3 Å². The predicted octanol–water partition coefficient (Wildman–Crippen LogP) is 2.20. The molecule has 3 N–H and O–H groups in total. The van der Waals surface area contributed by atoms with Gasteiger partial charge in [-0.15, -0.1) is 0 Å². The Hall–Kier alpha value is -2.50. The van der Waals surface area contributed by atoms with E-state index in [0.717, 1.165) is 12.0 Å². The van der Waals surface area contributed by atoms with Gasteiger partial charge in [-0.05, 0) is 31.0 Å². The van der Waals surface area contributed by atoms with Gasteiger partial charge in [0.05, 0.1) is 24.2 Å². The number of nitrogens with one attached hydrogen (secondary N) is 1. The van der Waals surface area contributed by atoms with E-state index in [1.165, 1.54) is 10.9 Å². The lowest BCUT2D eigenvalue weighted by atomic mass is 10.2. The smallest absolute Gasteiger partial charge is 0.246 e. The van der Waals surface area contributed by atoms with Crippen LogP contribution in [0.25, 0.3) is 0 Å². The van der Waals surface area contributed by atoms with Gasteiger partial charge in [-0.3, -0.25) is 9.48 Å². The molecule has 6 heteroatoms. The third-order valence-electron chi connectivity index (χ3n) is 2.83. The van der Waals surface area contributed by atoms with Crippen LogP contribution in [0.2, 0.25) is 0 Å². The average molecular weight is 288 g/mol. The zero-order chi connectivity index (χ0) is 15.2. The summed E-state index contributed by atoms with van der Waals surface area (Å²) in [5.41, 5.74) is 7.85. The van der Waals surface area contributed by atoms with Crippen LogP contribution in [0, 0.1) is 6.92 Å². The number of ether oxygens (including phenoxy) is 1. The second-order valence-corrected chi connectivity index (χ2v) is 4.87. The van der Waals surface area contributed by atoms with Crippen LogP contribution in [-0.2, 0) is 11.3 Å². The molecule has 1 heterocycles. The maximum Gasteiger partial charge on any atom is 0.246 e. The molecular weight excluding hydrogens is 268 g/mol. The van der Waals surface area contributed by atoms with E-state index in [2.05, 4.69) is 10.4 Å². The molecule has 0 atom stereocenters. The molecule has 0 radical (unpaired) electrons. The summed E-state index contributed by atoms with van der Waals surface area (Å²) in [6, 6.07) is 5.69. The standard InChI is InChI=1S/C15H20N4O2/c1-3-6-21-14-7-11(2)4-5-13(14)18-15(20)10-19-9-12(16)8-17-19/h4-5,7-9H,3,6,10,16H2,1-2H3,(H,18,20). The molecule has 1 amide bonds. The van der Waals surface area contributed by atoms with Crippen LogP contribution in [-0.4, -0.2) is 22.3 Å². The van der Waals surface area contributed by atoms with Gasteiger partial charge in [-0.2, -0.15) is 5.10 Å².